The minimum atomic E-state index is -0.473. The van der Waals surface area contributed by atoms with Gasteiger partial charge < -0.3 is 16.2 Å². The molecular weight excluding hydrogens is 168 g/mol. The summed E-state index contributed by atoms with van der Waals surface area (Å²) in [4.78, 5) is 11.4. The molecule has 4 N–H and O–H groups in total. The maximum Gasteiger partial charge on any atom is 0.223 e. The highest BCUT2D eigenvalue weighted by Crippen LogP contribution is 2.23. The molecule has 0 heterocycles. The first kappa shape index (κ1) is 10.5. The molecule has 0 radical (unpaired) electrons. The third kappa shape index (κ3) is 3.32. The smallest absolute Gasteiger partial charge is 0.223 e. The quantitative estimate of drug-likeness (QED) is 0.562. The molecule has 0 aromatic carbocycles. The molecule has 3 atom stereocenters. The van der Waals surface area contributed by atoms with Crippen LogP contribution in [0.5, 0.6) is 0 Å². The molecule has 1 fully saturated rings. The van der Waals surface area contributed by atoms with E-state index in [9.17, 15) is 4.79 Å². The summed E-state index contributed by atoms with van der Waals surface area (Å²) >= 11 is 0. The lowest BCUT2D eigenvalue weighted by molar-refractivity contribution is -0.125. The second-order valence-electron chi connectivity index (χ2n) is 3.86. The van der Waals surface area contributed by atoms with E-state index < -0.39 is 6.10 Å². The third-order valence-corrected chi connectivity index (χ3v) is 2.42. The summed E-state index contributed by atoms with van der Waals surface area (Å²) in [6, 6.07) is 0.183. The number of nitrogens with two attached hydrogens (primary N) is 1. The fourth-order valence-corrected chi connectivity index (χ4v) is 1.65. The highest BCUT2D eigenvalue weighted by molar-refractivity contribution is 5.79. The molecule has 1 aliphatic rings. The lowest BCUT2D eigenvalue weighted by atomic mass is 10.1. The fourth-order valence-electron chi connectivity index (χ4n) is 1.65. The lowest BCUT2D eigenvalue weighted by Crippen LogP contribution is -2.35. The van der Waals surface area contributed by atoms with Crippen LogP contribution in [0.2, 0.25) is 0 Å². The van der Waals surface area contributed by atoms with Crippen LogP contribution in [0.15, 0.2) is 0 Å². The van der Waals surface area contributed by atoms with Gasteiger partial charge in [-0.2, -0.15) is 0 Å². The molecule has 76 valence electrons. The molecule has 0 spiro atoms. The van der Waals surface area contributed by atoms with Gasteiger partial charge in [-0.1, -0.05) is 0 Å². The van der Waals surface area contributed by atoms with Crippen molar-refractivity contribution in [3.8, 4) is 0 Å². The van der Waals surface area contributed by atoms with E-state index in [0.717, 1.165) is 19.3 Å². The van der Waals surface area contributed by atoms with Gasteiger partial charge in [0.25, 0.3) is 0 Å². The van der Waals surface area contributed by atoms with Gasteiger partial charge in [-0.3, -0.25) is 4.79 Å². The van der Waals surface area contributed by atoms with Crippen LogP contribution in [0, 0.1) is 5.92 Å². The third-order valence-electron chi connectivity index (χ3n) is 2.42. The number of nitrogens with one attached hydrogen (secondary N) is 1. The van der Waals surface area contributed by atoms with E-state index in [2.05, 4.69) is 5.32 Å². The SMILES string of the molecule is C[C@H](O)CNC(=O)C1CCC(N)C1. The number of hydrogen-bond acceptors (Lipinski definition) is 3. The molecule has 1 amide bonds. The molecule has 0 aromatic rings. The maximum atomic E-state index is 11.4. The van der Waals surface area contributed by atoms with E-state index in [0.29, 0.717) is 6.54 Å². The van der Waals surface area contributed by atoms with Crippen LogP contribution in [0.4, 0.5) is 0 Å². The molecule has 1 saturated carbocycles. The van der Waals surface area contributed by atoms with E-state index in [4.69, 9.17) is 10.8 Å². The summed E-state index contributed by atoms with van der Waals surface area (Å²) in [5.41, 5.74) is 5.69. The second-order valence-corrected chi connectivity index (χ2v) is 3.86. The van der Waals surface area contributed by atoms with Gasteiger partial charge in [0.05, 0.1) is 6.10 Å². The number of hydrogen-bond donors (Lipinski definition) is 3. The summed E-state index contributed by atoms with van der Waals surface area (Å²) in [5, 5.41) is 11.7. The molecule has 1 aliphatic carbocycles. The van der Waals surface area contributed by atoms with Crippen molar-refractivity contribution in [3.05, 3.63) is 0 Å². The van der Waals surface area contributed by atoms with Crippen molar-refractivity contribution >= 4 is 5.91 Å². The van der Waals surface area contributed by atoms with Crippen molar-refractivity contribution < 1.29 is 9.90 Å². The van der Waals surface area contributed by atoms with E-state index >= 15 is 0 Å². The first-order chi connectivity index (χ1) is 6.09. The van der Waals surface area contributed by atoms with Crippen molar-refractivity contribution in [1.82, 2.24) is 5.32 Å². The molecule has 13 heavy (non-hydrogen) atoms. The predicted molar refractivity (Wildman–Crippen MR) is 50.0 cm³/mol. The minimum Gasteiger partial charge on any atom is -0.392 e. The number of rotatable bonds is 3. The average Bonchev–Trinajstić information content (AvgIpc) is 2.47. The molecule has 4 heteroatoms. The fraction of sp³-hybridized carbons (Fsp3) is 0.889. The van der Waals surface area contributed by atoms with Crippen molar-refractivity contribution in [2.75, 3.05) is 6.54 Å². The summed E-state index contributed by atoms with van der Waals surface area (Å²) in [7, 11) is 0. The molecule has 0 saturated heterocycles. The Morgan fingerprint density at radius 1 is 1.69 bits per heavy atom. The summed E-state index contributed by atoms with van der Waals surface area (Å²) in [6.45, 7) is 1.99. The molecule has 1 rings (SSSR count). The van der Waals surface area contributed by atoms with Gasteiger partial charge >= 0.3 is 0 Å². The topological polar surface area (TPSA) is 75.3 Å². The zero-order valence-corrected chi connectivity index (χ0v) is 7.99. The van der Waals surface area contributed by atoms with E-state index in [1.807, 2.05) is 0 Å². The number of aliphatic hydroxyl groups excluding tert-OH is 1. The van der Waals surface area contributed by atoms with Crippen LogP contribution in [-0.4, -0.2) is 29.7 Å². The first-order valence-corrected chi connectivity index (χ1v) is 4.81. The first-order valence-electron chi connectivity index (χ1n) is 4.81. The van der Waals surface area contributed by atoms with E-state index in [1.54, 1.807) is 6.92 Å². The summed E-state index contributed by atoms with van der Waals surface area (Å²) in [6.07, 6.45) is 2.13. The Balaban J connectivity index is 2.24. The molecule has 2 unspecified atom stereocenters. The summed E-state index contributed by atoms with van der Waals surface area (Å²) < 4.78 is 0. The predicted octanol–water partition coefficient (Wildman–Crippen LogP) is -0.389. The number of carbonyl (C=O) groups is 1. The molecule has 4 nitrogen and oxygen atoms in total. The zero-order valence-electron chi connectivity index (χ0n) is 7.99. The van der Waals surface area contributed by atoms with Crippen LogP contribution < -0.4 is 11.1 Å². The largest absolute Gasteiger partial charge is 0.392 e. The molecule has 0 bridgehead atoms. The van der Waals surface area contributed by atoms with Gasteiger partial charge in [0, 0.05) is 18.5 Å². The monoisotopic (exact) mass is 186 g/mol. The Labute approximate surface area is 78.5 Å². The normalized spacial score (nSPS) is 30.1. The van der Waals surface area contributed by atoms with Gasteiger partial charge in [-0.25, -0.2) is 0 Å². The van der Waals surface area contributed by atoms with Crippen LogP contribution in [0.3, 0.4) is 0 Å². The van der Waals surface area contributed by atoms with E-state index in [-0.39, 0.29) is 17.9 Å². The Morgan fingerprint density at radius 2 is 2.38 bits per heavy atom. The molecule has 0 aliphatic heterocycles. The van der Waals surface area contributed by atoms with Crippen LogP contribution >= 0.6 is 0 Å². The highest BCUT2D eigenvalue weighted by atomic mass is 16.3. The van der Waals surface area contributed by atoms with Crippen molar-refractivity contribution in [3.63, 3.8) is 0 Å². The van der Waals surface area contributed by atoms with Crippen molar-refractivity contribution in [1.29, 1.82) is 0 Å². The number of amides is 1. The number of carbonyl (C=O) groups excluding carboxylic acids is 1. The number of aliphatic hydroxyl groups is 1. The van der Waals surface area contributed by atoms with Crippen LogP contribution in [0.25, 0.3) is 0 Å². The maximum absolute atomic E-state index is 11.4. The van der Waals surface area contributed by atoms with Gasteiger partial charge in [0.1, 0.15) is 0 Å². The van der Waals surface area contributed by atoms with Gasteiger partial charge in [0.15, 0.2) is 0 Å². The summed E-state index contributed by atoms with van der Waals surface area (Å²) in [5.74, 6) is 0.0996. The lowest BCUT2D eigenvalue weighted by Gasteiger charge is -2.11. The molecule has 0 aromatic heterocycles. The molecular formula is C9H18N2O2. The highest BCUT2D eigenvalue weighted by Gasteiger charge is 2.27. The van der Waals surface area contributed by atoms with Gasteiger partial charge in [0.2, 0.25) is 5.91 Å². The second kappa shape index (κ2) is 4.58. The Kier molecular flexibility index (Phi) is 3.69. The Bertz CT molecular complexity index is 182. The van der Waals surface area contributed by atoms with Crippen molar-refractivity contribution in [2.24, 2.45) is 11.7 Å². The standard InChI is InChI=1S/C9H18N2O2/c1-6(12)5-11-9(13)7-2-3-8(10)4-7/h6-8,12H,2-5,10H2,1H3,(H,11,13)/t6-,7?,8?/m0/s1. The van der Waals surface area contributed by atoms with Gasteiger partial charge in [-0.05, 0) is 26.2 Å². The van der Waals surface area contributed by atoms with Crippen molar-refractivity contribution in [2.45, 2.75) is 38.3 Å². The van der Waals surface area contributed by atoms with Crippen LogP contribution in [0.1, 0.15) is 26.2 Å². The average molecular weight is 186 g/mol. The Hall–Kier alpha value is -0.610. The van der Waals surface area contributed by atoms with Gasteiger partial charge in [-0.15, -0.1) is 0 Å². The Morgan fingerprint density at radius 3 is 2.85 bits per heavy atom. The van der Waals surface area contributed by atoms with Crippen LogP contribution in [-0.2, 0) is 4.79 Å². The zero-order chi connectivity index (χ0) is 9.84. The van der Waals surface area contributed by atoms with E-state index in [1.165, 1.54) is 0 Å². The minimum absolute atomic E-state index is 0.0360.